The van der Waals surface area contributed by atoms with Gasteiger partial charge in [-0.1, -0.05) is 13.8 Å². The van der Waals surface area contributed by atoms with Crippen molar-refractivity contribution < 1.29 is 14.3 Å². The molecule has 1 heterocycles. The quantitative estimate of drug-likeness (QED) is 0.867. The maximum Gasteiger partial charge on any atom is 0.245 e. The first-order chi connectivity index (χ1) is 9.89. The van der Waals surface area contributed by atoms with E-state index in [2.05, 4.69) is 12.2 Å². The summed E-state index contributed by atoms with van der Waals surface area (Å²) in [6.45, 7) is 8.25. The molecule has 2 amide bonds. The first-order valence-corrected chi connectivity index (χ1v) is 8.16. The number of amides is 2. The average molecular weight is 296 g/mol. The molecule has 2 fully saturated rings. The largest absolute Gasteiger partial charge is 0.353 e. The van der Waals surface area contributed by atoms with Crippen molar-refractivity contribution in [2.75, 3.05) is 6.61 Å². The van der Waals surface area contributed by atoms with Crippen LogP contribution in [0.3, 0.4) is 0 Å². The SMILES string of the molecule is CCC(=O)N1[C@@H](C(=O)NC(C)C)COC12CCC(C)CC2. The standard InChI is InChI=1S/C16H28N2O3/c1-5-14(19)18-13(15(20)17-11(2)3)10-21-16(18)8-6-12(4)7-9-16/h11-13H,5-10H2,1-4H3,(H,17,20)/t12?,13-,16?/m1/s1. The highest BCUT2D eigenvalue weighted by atomic mass is 16.5. The van der Waals surface area contributed by atoms with Crippen molar-refractivity contribution in [3.05, 3.63) is 0 Å². The van der Waals surface area contributed by atoms with E-state index < -0.39 is 11.8 Å². The molecule has 2 rings (SSSR count). The van der Waals surface area contributed by atoms with Crippen LogP contribution in [0.1, 0.15) is 59.8 Å². The molecule has 0 unspecified atom stereocenters. The molecule has 0 aromatic rings. The normalized spacial score (nSPS) is 32.7. The summed E-state index contributed by atoms with van der Waals surface area (Å²) in [5.74, 6) is 0.592. The van der Waals surface area contributed by atoms with Crippen molar-refractivity contribution in [3.8, 4) is 0 Å². The van der Waals surface area contributed by atoms with E-state index in [1.807, 2.05) is 20.8 Å². The Morgan fingerprint density at radius 3 is 2.48 bits per heavy atom. The third-order valence-electron chi connectivity index (χ3n) is 4.62. The molecular weight excluding hydrogens is 268 g/mol. The van der Waals surface area contributed by atoms with Gasteiger partial charge in [0.25, 0.3) is 0 Å². The Morgan fingerprint density at radius 1 is 1.33 bits per heavy atom. The molecule has 1 saturated heterocycles. The summed E-state index contributed by atoms with van der Waals surface area (Å²) in [6.07, 6.45) is 4.18. The van der Waals surface area contributed by atoms with Crippen LogP contribution < -0.4 is 5.32 Å². The maximum atomic E-state index is 12.4. The molecule has 1 saturated carbocycles. The minimum atomic E-state index is -0.543. The van der Waals surface area contributed by atoms with Crippen LogP contribution in [0.4, 0.5) is 0 Å². The van der Waals surface area contributed by atoms with Crippen LogP contribution in [-0.4, -0.2) is 41.1 Å². The third-order valence-corrected chi connectivity index (χ3v) is 4.62. The molecular formula is C16H28N2O3. The zero-order chi connectivity index (χ0) is 15.6. The van der Waals surface area contributed by atoms with Crippen molar-refractivity contribution >= 4 is 11.8 Å². The second kappa shape index (κ2) is 6.34. The Morgan fingerprint density at radius 2 is 1.95 bits per heavy atom. The van der Waals surface area contributed by atoms with Crippen LogP contribution in [0.25, 0.3) is 0 Å². The van der Waals surface area contributed by atoms with Crippen molar-refractivity contribution in [1.82, 2.24) is 10.2 Å². The zero-order valence-corrected chi connectivity index (χ0v) is 13.6. The molecule has 0 aromatic heterocycles. The lowest BCUT2D eigenvalue weighted by atomic mass is 9.83. The minimum Gasteiger partial charge on any atom is -0.353 e. The van der Waals surface area contributed by atoms with E-state index in [1.165, 1.54) is 0 Å². The highest BCUT2D eigenvalue weighted by Gasteiger charge is 2.52. The van der Waals surface area contributed by atoms with Gasteiger partial charge in [0, 0.05) is 12.5 Å². The van der Waals surface area contributed by atoms with Crippen LogP contribution >= 0.6 is 0 Å². The fourth-order valence-electron chi connectivity index (χ4n) is 3.41. The van der Waals surface area contributed by atoms with Crippen LogP contribution in [-0.2, 0) is 14.3 Å². The Labute approximate surface area is 127 Å². The number of carbonyl (C=O) groups excluding carboxylic acids is 2. The summed E-state index contributed by atoms with van der Waals surface area (Å²) in [5, 5.41) is 2.91. The number of carbonyl (C=O) groups is 2. The van der Waals surface area contributed by atoms with Crippen LogP contribution in [0.15, 0.2) is 0 Å². The summed E-state index contributed by atoms with van der Waals surface area (Å²) in [7, 11) is 0. The van der Waals surface area contributed by atoms with E-state index in [1.54, 1.807) is 4.90 Å². The summed E-state index contributed by atoms with van der Waals surface area (Å²) in [6, 6.07) is -0.410. The predicted molar refractivity (Wildman–Crippen MR) is 80.5 cm³/mol. The van der Waals surface area contributed by atoms with Crippen molar-refractivity contribution in [3.63, 3.8) is 0 Å². The molecule has 1 N–H and O–H groups in total. The fraction of sp³-hybridized carbons (Fsp3) is 0.875. The van der Waals surface area contributed by atoms with Gasteiger partial charge < -0.3 is 10.1 Å². The van der Waals surface area contributed by atoms with E-state index in [9.17, 15) is 9.59 Å². The molecule has 1 atom stereocenters. The lowest BCUT2D eigenvalue weighted by Gasteiger charge is -2.43. The topological polar surface area (TPSA) is 58.6 Å². The predicted octanol–water partition coefficient (Wildman–Crippen LogP) is 2.05. The van der Waals surface area contributed by atoms with Gasteiger partial charge in [0.1, 0.15) is 11.8 Å². The van der Waals surface area contributed by atoms with E-state index in [0.717, 1.165) is 25.7 Å². The molecule has 1 spiro atoms. The highest BCUT2D eigenvalue weighted by Crippen LogP contribution is 2.42. The van der Waals surface area contributed by atoms with Gasteiger partial charge in [0.05, 0.1) is 6.61 Å². The Bertz CT molecular complexity index is 400. The third kappa shape index (κ3) is 3.23. The lowest BCUT2D eigenvalue weighted by molar-refractivity contribution is -0.161. The van der Waals surface area contributed by atoms with Gasteiger partial charge in [-0.15, -0.1) is 0 Å². The second-order valence-electron chi connectivity index (χ2n) is 6.74. The van der Waals surface area contributed by atoms with Gasteiger partial charge in [-0.25, -0.2) is 0 Å². The summed E-state index contributed by atoms with van der Waals surface area (Å²) in [5.41, 5.74) is -0.543. The van der Waals surface area contributed by atoms with E-state index in [4.69, 9.17) is 4.74 Å². The van der Waals surface area contributed by atoms with E-state index in [-0.39, 0.29) is 17.9 Å². The number of hydrogen-bond acceptors (Lipinski definition) is 3. The monoisotopic (exact) mass is 296 g/mol. The highest BCUT2D eigenvalue weighted by molar-refractivity contribution is 5.88. The van der Waals surface area contributed by atoms with Gasteiger partial charge >= 0.3 is 0 Å². The van der Waals surface area contributed by atoms with Crippen molar-refractivity contribution in [2.45, 2.75) is 77.6 Å². The average Bonchev–Trinajstić information content (AvgIpc) is 2.80. The molecule has 5 nitrogen and oxygen atoms in total. The fourth-order valence-corrected chi connectivity index (χ4v) is 3.41. The maximum absolute atomic E-state index is 12.4. The second-order valence-corrected chi connectivity index (χ2v) is 6.74. The van der Waals surface area contributed by atoms with Gasteiger partial charge in [-0.3, -0.25) is 14.5 Å². The minimum absolute atomic E-state index is 0.0194. The van der Waals surface area contributed by atoms with Crippen molar-refractivity contribution in [1.29, 1.82) is 0 Å². The molecule has 120 valence electrons. The molecule has 5 heteroatoms. The first-order valence-electron chi connectivity index (χ1n) is 8.16. The van der Waals surface area contributed by atoms with Crippen molar-refractivity contribution in [2.24, 2.45) is 5.92 Å². The van der Waals surface area contributed by atoms with Gasteiger partial charge in [-0.2, -0.15) is 0 Å². The van der Waals surface area contributed by atoms with Gasteiger partial charge in [-0.05, 0) is 45.4 Å². The first kappa shape index (κ1) is 16.3. The van der Waals surface area contributed by atoms with Crippen LogP contribution in [0.5, 0.6) is 0 Å². The molecule has 0 radical (unpaired) electrons. The number of rotatable bonds is 3. The van der Waals surface area contributed by atoms with Gasteiger partial charge in [0.2, 0.25) is 11.8 Å². The molecule has 1 aliphatic heterocycles. The summed E-state index contributed by atoms with van der Waals surface area (Å²) in [4.78, 5) is 26.6. The molecule has 21 heavy (non-hydrogen) atoms. The number of hydrogen-bond donors (Lipinski definition) is 1. The van der Waals surface area contributed by atoms with E-state index in [0.29, 0.717) is 18.9 Å². The lowest BCUT2D eigenvalue weighted by Crippen LogP contribution is -2.57. The smallest absolute Gasteiger partial charge is 0.245 e. The summed E-state index contributed by atoms with van der Waals surface area (Å²) >= 11 is 0. The zero-order valence-electron chi connectivity index (χ0n) is 13.6. The molecule has 1 aliphatic carbocycles. The van der Waals surface area contributed by atoms with Crippen LogP contribution in [0, 0.1) is 5.92 Å². The van der Waals surface area contributed by atoms with E-state index >= 15 is 0 Å². The number of ether oxygens (including phenoxy) is 1. The van der Waals surface area contributed by atoms with Crippen LogP contribution in [0.2, 0.25) is 0 Å². The number of nitrogens with zero attached hydrogens (tertiary/aromatic N) is 1. The molecule has 0 aromatic carbocycles. The number of nitrogens with one attached hydrogen (secondary N) is 1. The van der Waals surface area contributed by atoms with Gasteiger partial charge in [0.15, 0.2) is 0 Å². The Kier molecular flexibility index (Phi) is 4.91. The molecule has 2 aliphatic rings. The Hall–Kier alpha value is -1.10. The molecule has 0 bridgehead atoms. The summed E-state index contributed by atoms with van der Waals surface area (Å²) < 4.78 is 6.02. The Balaban J connectivity index is 2.20.